The maximum absolute atomic E-state index is 9.34. The van der Waals surface area contributed by atoms with Crippen molar-refractivity contribution < 1.29 is 9.84 Å². The fourth-order valence-corrected chi connectivity index (χ4v) is 3.33. The molecule has 1 saturated heterocycles. The summed E-state index contributed by atoms with van der Waals surface area (Å²) in [4.78, 5) is 0. The summed E-state index contributed by atoms with van der Waals surface area (Å²) in [5, 5.41) is 13.1. The Morgan fingerprint density at radius 1 is 1.29 bits per heavy atom. The van der Waals surface area contributed by atoms with Crippen LogP contribution in [0.25, 0.3) is 0 Å². The van der Waals surface area contributed by atoms with Gasteiger partial charge in [0.15, 0.2) is 0 Å². The molecule has 0 bridgehead atoms. The molecule has 2 aliphatic rings. The van der Waals surface area contributed by atoms with Gasteiger partial charge < -0.3 is 15.2 Å². The van der Waals surface area contributed by atoms with Crippen molar-refractivity contribution in [2.24, 2.45) is 5.92 Å². The highest BCUT2D eigenvalue weighted by atomic mass is 16.5. The minimum absolute atomic E-state index is 0.347. The molecule has 0 radical (unpaired) electrons. The van der Waals surface area contributed by atoms with Crippen molar-refractivity contribution in [3.63, 3.8) is 0 Å². The maximum Gasteiger partial charge on any atom is 0.0589 e. The van der Waals surface area contributed by atoms with E-state index in [-0.39, 0.29) is 0 Å². The fourth-order valence-electron chi connectivity index (χ4n) is 3.33. The van der Waals surface area contributed by atoms with Gasteiger partial charge in [0.05, 0.1) is 6.10 Å². The highest BCUT2D eigenvalue weighted by Gasteiger charge is 2.30. The molecule has 0 aromatic carbocycles. The molecule has 0 spiro atoms. The van der Waals surface area contributed by atoms with Crippen LogP contribution < -0.4 is 5.32 Å². The third kappa shape index (κ3) is 3.67. The normalized spacial score (nSPS) is 38.5. The van der Waals surface area contributed by atoms with Crippen LogP contribution in [0.2, 0.25) is 0 Å². The first kappa shape index (κ1) is 13.3. The Morgan fingerprint density at radius 2 is 2.18 bits per heavy atom. The van der Waals surface area contributed by atoms with Gasteiger partial charge in [-0.2, -0.15) is 0 Å². The maximum atomic E-state index is 9.34. The first-order valence-electron chi connectivity index (χ1n) is 7.32. The number of rotatable bonds is 5. The lowest BCUT2D eigenvalue weighted by molar-refractivity contribution is -0.00634. The van der Waals surface area contributed by atoms with Crippen LogP contribution in [-0.4, -0.2) is 36.5 Å². The largest absolute Gasteiger partial charge is 0.396 e. The van der Waals surface area contributed by atoms with E-state index in [9.17, 15) is 5.11 Å². The summed E-state index contributed by atoms with van der Waals surface area (Å²) in [5.74, 6) is 0.488. The van der Waals surface area contributed by atoms with Crippen molar-refractivity contribution in [1.29, 1.82) is 0 Å². The summed E-state index contributed by atoms with van der Waals surface area (Å²) in [7, 11) is 0. The van der Waals surface area contributed by atoms with Crippen molar-refractivity contribution in [1.82, 2.24) is 5.32 Å². The molecule has 0 amide bonds. The highest BCUT2D eigenvalue weighted by molar-refractivity contribution is 4.87. The first-order chi connectivity index (χ1) is 8.33. The van der Waals surface area contributed by atoms with Crippen LogP contribution in [0, 0.1) is 5.92 Å². The van der Waals surface area contributed by atoms with Gasteiger partial charge in [0, 0.05) is 25.3 Å². The molecule has 0 aromatic heterocycles. The molecule has 3 heteroatoms. The Morgan fingerprint density at radius 3 is 2.94 bits per heavy atom. The zero-order valence-electron chi connectivity index (χ0n) is 11.0. The van der Waals surface area contributed by atoms with Gasteiger partial charge in [-0.1, -0.05) is 19.8 Å². The predicted molar refractivity (Wildman–Crippen MR) is 69.0 cm³/mol. The number of aliphatic hydroxyl groups is 1. The number of ether oxygens (including phenoxy) is 1. The quantitative estimate of drug-likeness (QED) is 0.774. The third-order valence-electron chi connectivity index (χ3n) is 4.32. The summed E-state index contributed by atoms with van der Waals surface area (Å²) in [5.41, 5.74) is 0. The van der Waals surface area contributed by atoms with Crippen LogP contribution in [0.4, 0.5) is 0 Å². The average Bonchev–Trinajstić information content (AvgIpc) is 2.77. The highest BCUT2D eigenvalue weighted by Crippen LogP contribution is 2.27. The first-order valence-corrected chi connectivity index (χ1v) is 7.32. The van der Waals surface area contributed by atoms with Crippen LogP contribution in [0.5, 0.6) is 0 Å². The van der Waals surface area contributed by atoms with E-state index in [0.29, 0.717) is 30.7 Å². The minimum Gasteiger partial charge on any atom is -0.396 e. The van der Waals surface area contributed by atoms with Crippen molar-refractivity contribution in [2.75, 3.05) is 13.2 Å². The van der Waals surface area contributed by atoms with Crippen LogP contribution >= 0.6 is 0 Å². The molecule has 17 heavy (non-hydrogen) atoms. The Labute approximate surface area is 105 Å². The smallest absolute Gasteiger partial charge is 0.0589 e. The molecule has 0 aromatic rings. The van der Waals surface area contributed by atoms with Crippen LogP contribution in [0.1, 0.15) is 51.9 Å². The lowest BCUT2D eigenvalue weighted by Gasteiger charge is -2.33. The van der Waals surface area contributed by atoms with Gasteiger partial charge in [-0.05, 0) is 38.0 Å². The molecule has 1 aliphatic carbocycles. The molecule has 1 aliphatic heterocycles. The molecule has 1 heterocycles. The summed E-state index contributed by atoms with van der Waals surface area (Å²) in [6, 6.07) is 1.16. The summed E-state index contributed by atoms with van der Waals surface area (Å²) >= 11 is 0. The van der Waals surface area contributed by atoms with Gasteiger partial charge in [-0.25, -0.2) is 0 Å². The molecule has 3 nitrogen and oxygen atoms in total. The van der Waals surface area contributed by atoms with Gasteiger partial charge in [0.1, 0.15) is 0 Å². The van der Waals surface area contributed by atoms with Gasteiger partial charge >= 0.3 is 0 Å². The molecule has 100 valence electrons. The SMILES string of the molecule is CCCC1CC(NC2CCCC2CO)CCO1. The van der Waals surface area contributed by atoms with Gasteiger partial charge in [-0.3, -0.25) is 0 Å². The van der Waals surface area contributed by atoms with E-state index in [1.54, 1.807) is 0 Å². The van der Waals surface area contributed by atoms with Gasteiger partial charge in [-0.15, -0.1) is 0 Å². The lowest BCUT2D eigenvalue weighted by atomic mass is 9.97. The fraction of sp³-hybridized carbons (Fsp3) is 1.00. The topological polar surface area (TPSA) is 41.5 Å². The van der Waals surface area contributed by atoms with E-state index >= 15 is 0 Å². The van der Waals surface area contributed by atoms with Gasteiger partial charge in [0.25, 0.3) is 0 Å². The molecular weight excluding hydrogens is 214 g/mol. The Kier molecular flexibility index (Phi) is 5.26. The second-order valence-electron chi connectivity index (χ2n) is 5.65. The number of nitrogens with one attached hydrogen (secondary N) is 1. The van der Waals surface area contributed by atoms with Crippen molar-refractivity contribution in [3.05, 3.63) is 0 Å². The van der Waals surface area contributed by atoms with Crippen molar-refractivity contribution in [3.8, 4) is 0 Å². The Bertz CT molecular complexity index is 220. The standard InChI is InChI=1S/C14H27NO2/c1-2-4-13-9-12(7-8-17-13)15-14-6-3-5-11(14)10-16/h11-16H,2-10H2,1H3. The van der Waals surface area contributed by atoms with E-state index in [1.165, 1.54) is 32.1 Å². The molecule has 2 fully saturated rings. The van der Waals surface area contributed by atoms with Crippen molar-refractivity contribution >= 4 is 0 Å². The zero-order valence-corrected chi connectivity index (χ0v) is 11.0. The Balaban J connectivity index is 1.77. The third-order valence-corrected chi connectivity index (χ3v) is 4.32. The zero-order chi connectivity index (χ0) is 12.1. The minimum atomic E-state index is 0.347. The average molecular weight is 241 g/mol. The predicted octanol–water partition coefficient (Wildman–Crippen LogP) is 2.08. The Hall–Kier alpha value is -0.120. The molecule has 2 N–H and O–H groups in total. The summed E-state index contributed by atoms with van der Waals surface area (Å²) < 4.78 is 5.78. The molecule has 4 unspecified atom stereocenters. The van der Waals surface area contributed by atoms with Crippen molar-refractivity contribution in [2.45, 2.75) is 70.1 Å². The number of aliphatic hydroxyl groups excluding tert-OH is 1. The van der Waals surface area contributed by atoms with Crippen LogP contribution in [0.3, 0.4) is 0 Å². The van der Waals surface area contributed by atoms with E-state index in [4.69, 9.17) is 4.74 Å². The number of hydrogen-bond acceptors (Lipinski definition) is 3. The second kappa shape index (κ2) is 6.72. The van der Waals surface area contributed by atoms with E-state index in [0.717, 1.165) is 19.4 Å². The molecule has 4 atom stereocenters. The van der Waals surface area contributed by atoms with Crippen LogP contribution in [-0.2, 0) is 4.74 Å². The van der Waals surface area contributed by atoms with E-state index in [2.05, 4.69) is 12.2 Å². The lowest BCUT2D eigenvalue weighted by Crippen LogP contribution is -2.46. The van der Waals surface area contributed by atoms with Crippen LogP contribution in [0.15, 0.2) is 0 Å². The molecule has 2 rings (SSSR count). The molecule has 1 saturated carbocycles. The second-order valence-corrected chi connectivity index (χ2v) is 5.65. The summed E-state index contributed by atoms with van der Waals surface area (Å²) in [6.45, 7) is 3.47. The van der Waals surface area contributed by atoms with E-state index in [1.807, 2.05) is 0 Å². The number of hydrogen-bond donors (Lipinski definition) is 2. The summed E-state index contributed by atoms with van der Waals surface area (Å²) in [6.07, 6.45) is 8.84. The monoisotopic (exact) mass is 241 g/mol. The molecular formula is C14H27NO2. The van der Waals surface area contributed by atoms with Gasteiger partial charge in [0.2, 0.25) is 0 Å². The van der Waals surface area contributed by atoms with E-state index < -0.39 is 0 Å².